The highest BCUT2D eigenvalue weighted by atomic mass is 16.7. The number of esters is 3. The van der Waals surface area contributed by atoms with Crippen LogP contribution < -0.4 is 23.7 Å². The van der Waals surface area contributed by atoms with Crippen molar-refractivity contribution in [2.75, 3.05) is 33.2 Å². The minimum atomic E-state index is -0.555. The summed E-state index contributed by atoms with van der Waals surface area (Å²) in [5.74, 6) is 1.40. The lowest BCUT2D eigenvalue weighted by Crippen LogP contribution is -2.10. The summed E-state index contributed by atoms with van der Waals surface area (Å²) in [5, 5.41) is 0. The molecule has 12 heteroatoms. The highest BCUT2D eigenvalue weighted by molar-refractivity contribution is 5.89. The Labute approximate surface area is 321 Å². The summed E-state index contributed by atoms with van der Waals surface area (Å²) in [6.45, 7) is 8.61. The fourth-order valence-electron chi connectivity index (χ4n) is 5.72. The topological polar surface area (TPSA) is 142 Å². The van der Waals surface area contributed by atoms with Crippen molar-refractivity contribution in [2.24, 2.45) is 0 Å². The molecule has 4 aromatic rings. The van der Waals surface area contributed by atoms with E-state index in [9.17, 15) is 14.4 Å². The van der Waals surface area contributed by atoms with Gasteiger partial charge in [-0.15, -0.1) is 0 Å². The lowest BCUT2D eigenvalue weighted by Gasteiger charge is -2.10. The molecular formula is C43H46N2O10. The van der Waals surface area contributed by atoms with Crippen LogP contribution in [0.5, 0.6) is 28.9 Å². The van der Waals surface area contributed by atoms with Crippen LogP contribution >= 0.6 is 0 Å². The number of ether oxygens (including phenoxy) is 7. The molecule has 2 heterocycles. The second kappa shape index (κ2) is 21.5. The maximum atomic E-state index is 12.9. The maximum Gasteiger partial charge on any atom is 0.362 e. The highest BCUT2D eigenvalue weighted by Crippen LogP contribution is 2.40. The van der Waals surface area contributed by atoms with E-state index in [-0.39, 0.29) is 12.5 Å². The van der Waals surface area contributed by atoms with Crippen LogP contribution in [0.25, 0.3) is 11.1 Å². The molecule has 0 bridgehead atoms. The fourth-order valence-corrected chi connectivity index (χ4v) is 5.72. The van der Waals surface area contributed by atoms with Crippen molar-refractivity contribution < 1.29 is 47.5 Å². The van der Waals surface area contributed by atoms with Crippen LogP contribution in [-0.4, -0.2) is 61.1 Å². The van der Waals surface area contributed by atoms with Crippen molar-refractivity contribution in [1.82, 2.24) is 9.97 Å². The standard InChI is InChI=1S/C43H46N2O10/c1-3-41(46)51-23-11-7-5-9-21-49-35-15-19-39(44-28-35)43(48)55-34-14-18-38-32(27-34)25-31-26-33(13-17-37(31)38)53-30-54-40-20-16-36(29-45-40)50-22-10-6-8-12-24-52-42(47)4-2/h3-4,13-20,26-29H,1-2,5-12,21-25,30H2. The quantitative estimate of drug-likeness (QED) is 0.0198. The number of rotatable bonds is 24. The van der Waals surface area contributed by atoms with E-state index in [2.05, 4.69) is 23.1 Å². The second-order valence-electron chi connectivity index (χ2n) is 12.6. The van der Waals surface area contributed by atoms with E-state index in [4.69, 9.17) is 33.2 Å². The number of hydrogen-bond donors (Lipinski definition) is 0. The van der Waals surface area contributed by atoms with Crippen LogP contribution in [0, 0.1) is 0 Å². The summed E-state index contributed by atoms with van der Waals surface area (Å²) in [6, 6.07) is 18.3. The number of nitrogens with zero attached hydrogens (tertiary/aromatic N) is 2. The molecule has 12 nitrogen and oxygen atoms in total. The number of carbonyl (C=O) groups is 3. The Morgan fingerprint density at radius 1 is 0.564 bits per heavy atom. The van der Waals surface area contributed by atoms with Crippen LogP contribution in [0.2, 0.25) is 0 Å². The Morgan fingerprint density at radius 2 is 1.09 bits per heavy atom. The Balaban J connectivity index is 0.983. The second-order valence-corrected chi connectivity index (χ2v) is 12.6. The molecule has 0 radical (unpaired) electrons. The highest BCUT2D eigenvalue weighted by Gasteiger charge is 2.21. The molecule has 0 atom stereocenters. The van der Waals surface area contributed by atoms with Crippen LogP contribution in [0.1, 0.15) is 73.0 Å². The van der Waals surface area contributed by atoms with Crippen molar-refractivity contribution in [3.63, 3.8) is 0 Å². The van der Waals surface area contributed by atoms with E-state index in [0.717, 1.165) is 79.7 Å². The fraction of sp³-hybridized carbons (Fsp3) is 0.326. The van der Waals surface area contributed by atoms with E-state index in [0.29, 0.717) is 61.7 Å². The third-order valence-electron chi connectivity index (χ3n) is 8.56. The van der Waals surface area contributed by atoms with E-state index in [1.807, 2.05) is 30.3 Å². The molecule has 1 aliphatic rings. The SMILES string of the molecule is C=CC(=O)OCCCCCCOc1ccc(OCOc2ccc3c(c2)Cc2cc(OC(=O)c4ccc(OCCCCCCOC(=O)C=C)cn4)ccc2-3)nc1. The number of benzene rings is 2. The Bertz CT molecular complexity index is 1890. The molecular weight excluding hydrogens is 704 g/mol. The van der Waals surface area contributed by atoms with E-state index >= 15 is 0 Å². The normalized spacial score (nSPS) is 11.1. The molecule has 0 aliphatic heterocycles. The van der Waals surface area contributed by atoms with Gasteiger partial charge in [0.2, 0.25) is 12.7 Å². The van der Waals surface area contributed by atoms with Gasteiger partial charge < -0.3 is 33.2 Å². The predicted molar refractivity (Wildman–Crippen MR) is 204 cm³/mol. The molecule has 288 valence electrons. The third-order valence-corrected chi connectivity index (χ3v) is 8.56. The van der Waals surface area contributed by atoms with Gasteiger partial charge in [-0.2, -0.15) is 0 Å². The minimum absolute atomic E-state index is 0.0136. The van der Waals surface area contributed by atoms with Crippen LogP contribution in [0.3, 0.4) is 0 Å². The summed E-state index contributed by atoms with van der Waals surface area (Å²) in [6.07, 6.45) is 13.2. The van der Waals surface area contributed by atoms with Gasteiger partial charge in [-0.05, 0) is 123 Å². The molecule has 0 N–H and O–H groups in total. The first kappa shape index (κ1) is 40.0. The van der Waals surface area contributed by atoms with Crippen molar-refractivity contribution >= 4 is 17.9 Å². The summed E-state index contributed by atoms with van der Waals surface area (Å²) >= 11 is 0. The largest absolute Gasteiger partial charge is 0.492 e. The van der Waals surface area contributed by atoms with Crippen molar-refractivity contribution in [1.29, 1.82) is 0 Å². The van der Waals surface area contributed by atoms with Gasteiger partial charge in [0.25, 0.3) is 0 Å². The Hall–Kier alpha value is -6.17. The average Bonchev–Trinajstić information content (AvgIpc) is 3.57. The zero-order valence-electron chi connectivity index (χ0n) is 30.9. The summed E-state index contributed by atoms with van der Waals surface area (Å²) < 4.78 is 38.6. The first-order valence-corrected chi connectivity index (χ1v) is 18.4. The number of fused-ring (bicyclic) bond motifs is 3. The van der Waals surface area contributed by atoms with Crippen molar-refractivity contribution in [2.45, 2.75) is 57.8 Å². The number of aromatic nitrogens is 2. The molecule has 0 saturated carbocycles. The first-order chi connectivity index (χ1) is 26.9. The zero-order chi connectivity index (χ0) is 38.7. The molecule has 2 aromatic carbocycles. The monoisotopic (exact) mass is 750 g/mol. The molecule has 0 unspecified atom stereocenters. The first-order valence-electron chi connectivity index (χ1n) is 18.4. The number of carbonyl (C=O) groups excluding carboxylic acids is 3. The predicted octanol–water partition coefficient (Wildman–Crippen LogP) is 8.02. The van der Waals surface area contributed by atoms with Gasteiger partial charge in [-0.1, -0.05) is 25.3 Å². The molecule has 5 rings (SSSR count). The van der Waals surface area contributed by atoms with E-state index < -0.39 is 17.9 Å². The zero-order valence-corrected chi connectivity index (χ0v) is 30.9. The molecule has 0 saturated heterocycles. The van der Waals surface area contributed by atoms with E-state index in [1.54, 1.807) is 36.5 Å². The maximum absolute atomic E-state index is 12.9. The number of pyridine rings is 2. The van der Waals surface area contributed by atoms with E-state index in [1.165, 1.54) is 12.3 Å². The average molecular weight is 751 g/mol. The van der Waals surface area contributed by atoms with Gasteiger partial charge in [0, 0.05) is 18.2 Å². The molecule has 2 aromatic heterocycles. The van der Waals surface area contributed by atoms with Gasteiger partial charge in [0.05, 0.1) is 38.8 Å². The van der Waals surface area contributed by atoms with Crippen LogP contribution in [0.4, 0.5) is 0 Å². The third kappa shape index (κ3) is 13.0. The Kier molecular flexibility index (Phi) is 15.7. The number of unbranched alkanes of at least 4 members (excludes halogenated alkanes) is 6. The molecule has 0 amide bonds. The minimum Gasteiger partial charge on any atom is -0.492 e. The molecule has 0 spiro atoms. The van der Waals surface area contributed by atoms with Crippen LogP contribution in [0.15, 0.2) is 98.4 Å². The summed E-state index contributed by atoms with van der Waals surface area (Å²) in [5.41, 5.74) is 4.49. The summed E-state index contributed by atoms with van der Waals surface area (Å²) in [4.78, 5) is 43.5. The lowest BCUT2D eigenvalue weighted by atomic mass is 10.1. The molecule has 0 fully saturated rings. The lowest BCUT2D eigenvalue weighted by molar-refractivity contribution is -0.138. The van der Waals surface area contributed by atoms with Gasteiger partial charge in [-0.3, -0.25) is 0 Å². The van der Waals surface area contributed by atoms with Gasteiger partial charge in [-0.25, -0.2) is 24.4 Å². The van der Waals surface area contributed by atoms with Gasteiger partial charge >= 0.3 is 17.9 Å². The molecule has 55 heavy (non-hydrogen) atoms. The van der Waals surface area contributed by atoms with Crippen molar-refractivity contribution in [3.05, 3.63) is 115 Å². The number of hydrogen-bond acceptors (Lipinski definition) is 12. The smallest absolute Gasteiger partial charge is 0.362 e. The van der Waals surface area contributed by atoms with Crippen molar-refractivity contribution in [3.8, 4) is 40.0 Å². The molecule has 1 aliphatic carbocycles. The van der Waals surface area contributed by atoms with Gasteiger partial charge in [0.15, 0.2) is 0 Å². The summed E-state index contributed by atoms with van der Waals surface area (Å²) in [7, 11) is 0. The van der Waals surface area contributed by atoms with Gasteiger partial charge in [0.1, 0.15) is 28.7 Å². The Morgan fingerprint density at radius 3 is 1.64 bits per heavy atom. The van der Waals surface area contributed by atoms with Crippen LogP contribution in [-0.2, 0) is 25.5 Å².